The van der Waals surface area contributed by atoms with Gasteiger partial charge in [0.05, 0.1) is 5.54 Å². The summed E-state index contributed by atoms with van der Waals surface area (Å²) in [7, 11) is 4.16. The zero-order valence-corrected chi connectivity index (χ0v) is 57.4. The predicted molar refractivity (Wildman–Crippen MR) is 332 cm³/mol. The maximum Gasteiger partial charge on any atom is 0.225 e. The SMILES string of the molecule is CC(C)C1=NOC(C)(C(C)C)N1C.CC(C)C1=NOCC(C)(C(C)C)N1C.CC(C)N1C(=O)CC(C)(C(C)C)C1O.CC(C)N1CC(C)(C(C)C)CC1=O.CC(C)N1CC(C)(C(C)C)CC1=O.CC(C)N1CCC(C)(C(C)C)C1. The van der Waals surface area contributed by atoms with E-state index in [2.05, 4.69) is 219 Å². The van der Waals surface area contributed by atoms with Gasteiger partial charge in [-0.3, -0.25) is 14.4 Å². The van der Waals surface area contributed by atoms with Crippen molar-refractivity contribution >= 4 is 29.4 Å². The van der Waals surface area contributed by atoms with Crippen LogP contribution in [0.25, 0.3) is 0 Å². The molecule has 0 spiro atoms. The van der Waals surface area contributed by atoms with Gasteiger partial charge in [0.25, 0.3) is 0 Å². The van der Waals surface area contributed by atoms with Gasteiger partial charge < -0.3 is 44.2 Å². The maximum absolute atomic E-state index is 11.7. The van der Waals surface area contributed by atoms with Crippen LogP contribution >= 0.6 is 0 Å². The first-order chi connectivity index (χ1) is 35.8. The summed E-state index contributed by atoms with van der Waals surface area (Å²) in [6, 6.07) is 1.52. The number of hydrogen-bond donors (Lipinski definition) is 1. The molecule has 4 fully saturated rings. The second-order valence-corrected chi connectivity index (χ2v) is 29.8. The third kappa shape index (κ3) is 18.2. The van der Waals surface area contributed by atoms with Crippen molar-refractivity contribution in [3.63, 3.8) is 0 Å². The fraction of sp³-hybridized carbons (Fsp3) is 0.923. The summed E-state index contributed by atoms with van der Waals surface area (Å²) in [6.07, 6.45) is 2.66. The van der Waals surface area contributed by atoms with Gasteiger partial charge in [-0.05, 0) is 128 Å². The van der Waals surface area contributed by atoms with Gasteiger partial charge in [-0.1, -0.05) is 149 Å². The van der Waals surface area contributed by atoms with Gasteiger partial charge in [0.2, 0.25) is 23.4 Å². The van der Waals surface area contributed by atoms with Gasteiger partial charge in [-0.15, -0.1) is 0 Å². The highest BCUT2D eigenvalue weighted by atomic mass is 16.7. The molecule has 14 nitrogen and oxygen atoms in total. The van der Waals surface area contributed by atoms with Crippen LogP contribution in [0.2, 0.25) is 0 Å². The molecule has 0 aromatic heterocycles. The molecule has 6 heterocycles. The van der Waals surface area contributed by atoms with Gasteiger partial charge in [0.1, 0.15) is 24.5 Å². The number of amides is 3. The van der Waals surface area contributed by atoms with Crippen molar-refractivity contribution in [1.82, 2.24) is 29.4 Å². The topological polar surface area (TPSA) is 134 Å². The van der Waals surface area contributed by atoms with Crippen LogP contribution < -0.4 is 0 Å². The largest absolute Gasteiger partial charge is 0.392 e. The molecule has 0 radical (unpaired) electrons. The molecular weight excluding hydrogens is 989 g/mol. The number of hydrogen-bond acceptors (Lipinski definition) is 11. The van der Waals surface area contributed by atoms with Crippen LogP contribution in [0.4, 0.5) is 0 Å². The molecule has 6 rings (SSSR count). The molecule has 0 aromatic carbocycles. The molecule has 14 heteroatoms. The highest BCUT2D eigenvalue weighted by Crippen LogP contribution is 2.44. The monoisotopic (exact) mass is 1120 g/mol. The molecule has 0 saturated carbocycles. The number of carbonyl (C=O) groups excluding carboxylic acids is 3. The minimum Gasteiger partial charge on any atom is -0.392 e. The molecule has 3 amide bonds. The first-order valence-corrected chi connectivity index (χ1v) is 31.0. The number of likely N-dealkylation sites (tertiary alicyclic amines) is 4. The summed E-state index contributed by atoms with van der Waals surface area (Å²) in [6.45, 7) is 70.1. The lowest BCUT2D eigenvalue weighted by Crippen LogP contribution is -2.57. The average molecular weight is 1120 g/mol. The van der Waals surface area contributed by atoms with E-state index < -0.39 is 6.23 Å². The number of aliphatic hydroxyl groups is 1. The van der Waals surface area contributed by atoms with E-state index in [0.29, 0.717) is 83.8 Å². The van der Waals surface area contributed by atoms with E-state index in [0.717, 1.165) is 49.6 Å². The highest BCUT2D eigenvalue weighted by Gasteiger charge is 2.51. The smallest absolute Gasteiger partial charge is 0.225 e. The van der Waals surface area contributed by atoms with Crippen LogP contribution in [0.15, 0.2) is 10.3 Å². The lowest BCUT2D eigenvalue weighted by atomic mass is 9.77. The summed E-state index contributed by atoms with van der Waals surface area (Å²) >= 11 is 0. The first kappa shape index (κ1) is 73.9. The Morgan fingerprint density at radius 3 is 1.13 bits per heavy atom. The second kappa shape index (κ2) is 29.4. The summed E-state index contributed by atoms with van der Waals surface area (Å²) in [5.74, 6) is 6.93. The minimum atomic E-state index is -0.630. The lowest BCUT2D eigenvalue weighted by molar-refractivity contribution is -0.137. The van der Waals surface area contributed by atoms with Gasteiger partial charge in [0, 0.05) is 100 Å². The first-order valence-electron chi connectivity index (χ1n) is 31.0. The molecular formula is C65H128N8O6. The maximum atomic E-state index is 11.7. The Hall–Kier alpha value is -3.13. The Morgan fingerprint density at radius 1 is 0.481 bits per heavy atom. The van der Waals surface area contributed by atoms with E-state index in [-0.39, 0.29) is 39.5 Å². The van der Waals surface area contributed by atoms with E-state index in [1.54, 1.807) is 4.90 Å². The van der Waals surface area contributed by atoms with Crippen molar-refractivity contribution in [1.29, 1.82) is 0 Å². The zero-order chi connectivity index (χ0) is 62.0. The Labute approximate surface area is 487 Å². The Morgan fingerprint density at radius 2 is 0.899 bits per heavy atom. The van der Waals surface area contributed by atoms with Crippen LogP contribution in [-0.2, 0) is 24.1 Å². The summed E-state index contributed by atoms with van der Waals surface area (Å²) in [5, 5.41) is 18.4. The predicted octanol–water partition coefficient (Wildman–Crippen LogP) is 13.6. The van der Waals surface area contributed by atoms with Gasteiger partial charge in [0.15, 0.2) is 0 Å². The standard InChI is InChI=1S/C11H22N2O.C11H21NO2.2C11H21NO.C11H23N.C10H20N2O/c1-8(2)10-12-14-7-11(5,9(3)4)13(10)6;1-7(2)11(5)6-9(13)12(8(3)4)10(11)14;2*1-8(2)11(5)6-10(13)12(7-11)9(3)4;1-9(2)11(5)6-7-12(8-11)10(3)4;1-7(2)9-11-13-10(5,8(3)4)12(9)6/h8-9H,7H2,1-6H3;7-8,10,14H,6H2,1-5H3;2*8-9H,6-7H2,1-5H3;9-10H,6-8H2,1-5H3;7-8H,1-6H3. The molecule has 0 aromatic rings. The third-order valence-corrected chi connectivity index (χ3v) is 20.4. The summed E-state index contributed by atoms with van der Waals surface area (Å²) in [5.41, 5.74) is 0.481. The number of aliphatic hydroxyl groups excluding tert-OH is 1. The van der Waals surface area contributed by atoms with Crippen molar-refractivity contribution in [2.75, 3.05) is 46.9 Å². The molecule has 4 saturated heterocycles. The number of oxime groups is 2. The van der Waals surface area contributed by atoms with Gasteiger partial charge >= 0.3 is 0 Å². The molecule has 7 atom stereocenters. The molecule has 0 aliphatic carbocycles. The fourth-order valence-corrected chi connectivity index (χ4v) is 10.8. The van der Waals surface area contributed by atoms with Crippen LogP contribution in [-0.4, -0.2) is 152 Å². The van der Waals surface area contributed by atoms with Gasteiger partial charge in [-0.2, -0.15) is 0 Å². The molecule has 464 valence electrons. The Bertz CT molecular complexity index is 1930. The number of likely N-dealkylation sites (N-methyl/N-ethyl adjacent to an activating group) is 1. The van der Waals surface area contributed by atoms with Crippen LogP contribution in [0.1, 0.15) is 233 Å². The number of amidine groups is 2. The van der Waals surface area contributed by atoms with E-state index in [1.807, 2.05) is 37.6 Å². The molecule has 6 aliphatic rings. The van der Waals surface area contributed by atoms with Crippen molar-refractivity contribution in [2.24, 2.45) is 79.3 Å². The molecule has 79 heavy (non-hydrogen) atoms. The minimum absolute atomic E-state index is 0.0708. The van der Waals surface area contributed by atoms with E-state index in [4.69, 9.17) is 9.68 Å². The van der Waals surface area contributed by atoms with Crippen molar-refractivity contribution < 1.29 is 29.2 Å². The average Bonchev–Trinajstić information content (AvgIpc) is 4.11. The second-order valence-electron chi connectivity index (χ2n) is 29.8. The molecule has 1 N–H and O–H groups in total. The fourth-order valence-electron chi connectivity index (χ4n) is 10.8. The number of nitrogens with zero attached hydrogens (tertiary/aromatic N) is 8. The Balaban J connectivity index is 0.000000474. The highest BCUT2D eigenvalue weighted by molar-refractivity contribution is 5.85. The van der Waals surface area contributed by atoms with Crippen LogP contribution in [0.5, 0.6) is 0 Å². The lowest BCUT2D eigenvalue weighted by Gasteiger charge is -2.46. The summed E-state index contributed by atoms with van der Waals surface area (Å²) < 4.78 is 0. The number of carbonyl (C=O) groups is 3. The van der Waals surface area contributed by atoms with Crippen LogP contribution in [0, 0.1) is 69.0 Å². The van der Waals surface area contributed by atoms with E-state index >= 15 is 0 Å². The number of rotatable bonds is 12. The quantitative estimate of drug-likeness (QED) is 0.203. The third-order valence-electron chi connectivity index (χ3n) is 20.4. The van der Waals surface area contributed by atoms with E-state index in [1.165, 1.54) is 19.5 Å². The molecule has 7 unspecified atom stereocenters. The van der Waals surface area contributed by atoms with E-state index in [9.17, 15) is 19.5 Å². The molecule has 0 bridgehead atoms. The zero-order valence-electron chi connectivity index (χ0n) is 57.4. The van der Waals surface area contributed by atoms with Gasteiger partial charge in [-0.25, -0.2) is 0 Å². The van der Waals surface area contributed by atoms with Crippen molar-refractivity contribution in [3.8, 4) is 0 Å². The normalized spacial score (nSPS) is 30.2. The van der Waals surface area contributed by atoms with Crippen molar-refractivity contribution in [3.05, 3.63) is 0 Å². The summed E-state index contributed by atoms with van der Waals surface area (Å²) in [4.78, 5) is 58.5. The Kier molecular flexibility index (Phi) is 27.5. The van der Waals surface area contributed by atoms with Crippen LogP contribution in [0.3, 0.4) is 0 Å². The molecule has 6 aliphatic heterocycles. The van der Waals surface area contributed by atoms with Crippen molar-refractivity contribution in [2.45, 2.75) is 275 Å².